The molecule has 0 saturated carbocycles. The van der Waals surface area contributed by atoms with E-state index in [0.717, 1.165) is 49.7 Å². The van der Waals surface area contributed by atoms with E-state index in [1.807, 2.05) is 32.0 Å². The monoisotopic (exact) mass is 376 g/mol. The number of benzene rings is 2. The van der Waals surface area contributed by atoms with Gasteiger partial charge in [0.2, 0.25) is 0 Å². The van der Waals surface area contributed by atoms with Crippen LogP contribution in [0.4, 0.5) is 5.69 Å². The maximum Gasteiger partial charge on any atom is 0.255 e. The number of hydrogen-bond acceptors (Lipinski definition) is 3. The lowest BCUT2D eigenvalue weighted by atomic mass is 9.97. The van der Waals surface area contributed by atoms with E-state index >= 15 is 0 Å². The van der Waals surface area contributed by atoms with Gasteiger partial charge in [0.05, 0.1) is 13.2 Å². The molecule has 1 aliphatic heterocycles. The van der Waals surface area contributed by atoms with Crippen LogP contribution in [-0.2, 0) is 17.7 Å². The van der Waals surface area contributed by atoms with Crippen LogP contribution in [-0.4, -0.2) is 37.1 Å². The minimum absolute atomic E-state index is 0.0795. The van der Waals surface area contributed by atoms with Crippen molar-refractivity contribution in [2.45, 2.75) is 33.7 Å². The van der Waals surface area contributed by atoms with E-state index < -0.39 is 0 Å². The van der Waals surface area contributed by atoms with Gasteiger partial charge in [-0.3, -0.25) is 9.69 Å². The van der Waals surface area contributed by atoms with Crippen LogP contribution in [0.5, 0.6) is 0 Å². The van der Waals surface area contributed by atoms with Gasteiger partial charge in [0.15, 0.2) is 0 Å². The number of carbonyl (C=O) groups excluding carboxylic acids is 1. The standard InChI is InChI=1S/C24H28N2O2/c1-4-5-6-21-16-23(19(3)15-18(21)2)24(27)25-22-9-7-20(8-10-22)17-26-11-13-28-14-12-26/h7-10,15-16H,6,11-14,17H2,1-3H3,(H,25,27). The largest absolute Gasteiger partial charge is 0.379 e. The van der Waals surface area contributed by atoms with Crippen molar-refractivity contribution in [2.75, 3.05) is 31.6 Å². The predicted molar refractivity (Wildman–Crippen MR) is 114 cm³/mol. The molecular formula is C24H28N2O2. The second-order valence-electron chi connectivity index (χ2n) is 7.24. The van der Waals surface area contributed by atoms with Crippen LogP contribution in [0.15, 0.2) is 36.4 Å². The average molecular weight is 377 g/mol. The van der Waals surface area contributed by atoms with E-state index in [1.54, 1.807) is 0 Å². The van der Waals surface area contributed by atoms with Crippen LogP contribution in [0.1, 0.15) is 39.5 Å². The maximum atomic E-state index is 12.8. The molecular weight excluding hydrogens is 348 g/mol. The summed E-state index contributed by atoms with van der Waals surface area (Å²) in [6.45, 7) is 10.3. The number of rotatable bonds is 5. The molecule has 1 N–H and O–H groups in total. The van der Waals surface area contributed by atoms with Gasteiger partial charge < -0.3 is 10.1 Å². The van der Waals surface area contributed by atoms with E-state index in [2.05, 4.69) is 47.2 Å². The molecule has 1 heterocycles. The van der Waals surface area contributed by atoms with Crippen molar-refractivity contribution >= 4 is 11.6 Å². The highest BCUT2D eigenvalue weighted by molar-refractivity contribution is 6.05. The van der Waals surface area contributed by atoms with Gasteiger partial charge in [-0.05, 0) is 61.2 Å². The molecule has 0 spiro atoms. The minimum Gasteiger partial charge on any atom is -0.379 e. The summed E-state index contributed by atoms with van der Waals surface area (Å²) < 4.78 is 5.39. The highest BCUT2D eigenvalue weighted by Gasteiger charge is 2.13. The molecule has 1 saturated heterocycles. The smallest absolute Gasteiger partial charge is 0.255 e. The lowest BCUT2D eigenvalue weighted by Gasteiger charge is -2.26. The molecule has 1 fully saturated rings. The molecule has 2 aromatic carbocycles. The summed E-state index contributed by atoms with van der Waals surface area (Å²) in [7, 11) is 0. The van der Waals surface area contributed by atoms with Crippen LogP contribution >= 0.6 is 0 Å². The second kappa shape index (κ2) is 9.54. The van der Waals surface area contributed by atoms with Crippen LogP contribution in [0.3, 0.4) is 0 Å². The topological polar surface area (TPSA) is 41.6 Å². The summed E-state index contributed by atoms with van der Waals surface area (Å²) in [5, 5.41) is 3.02. The lowest BCUT2D eigenvalue weighted by molar-refractivity contribution is 0.0342. The fourth-order valence-corrected chi connectivity index (χ4v) is 3.43. The molecule has 1 amide bonds. The van der Waals surface area contributed by atoms with E-state index in [4.69, 9.17) is 4.74 Å². The van der Waals surface area contributed by atoms with Gasteiger partial charge in [-0.15, -0.1) is 5.92 Å². The van der Waals surface area contributed by atoms with E-state index in [-0.39, 0.29) is 5.91 Å². The summed E-state index contributed by atoms with van der Waals surface area (Å²) in [6, 6.07) is 12.1. The molecule has 0 radical (unpaired) electrons. The maximum absolute atomic E-state index is 12.8. The number of amides is 1. The molecule has 1 aliphatic rings. The Balaban J connectivity index is 1.67. The molecule has 0 atom stereocenters. The first-order chi connectivity index (χ1) is 13.6. The molecule has 2 aromatic rings. The van der Waals surface area contributed by atoms with Crippen molar-refractivity contribution in [3.8, 4) is 11.8 Å². The number of nitrogens with one attached hydrogen (secondary N) is 1. The Morgan fingerprint density at radius 2 is 1.82 bits per heavy atom. The molecule has 0 bridgehead atoms. The van der Waals surface area contributed by atoms with Crippen molar-refractivity contribution in [1.29, 1.82) is 0 Å². The second-order valence-corrected chi connectivity index (χ2v) is 7.24. The number of ether oxygens (including phenoxy) is 1. The highest BCUT2D eigenvalue weighted by Crippen LogP contribution is 2.19. The Morgan fingerprint density at radius 1 is 1.11 bits per heavy atom. The zero-order valence-corrected chi connectivity index (χ0v) is 17.0. The third-order valence-corrected chi connectivity index (χ3v) is 5.10. The van der Waals surface area contributed by atoms with Gasteiger partial charge in [-0.1, -0.05) is 24.1 Å². The van der Waals surface area contributed by atoms with Crippen molar-refractivity contribution < 1.29 is 9.53 Å². The summed E-state index contributed by atoms with van der Waals surface area (Å²) in [6.07, 6.45) is 0.666. The first kappa shape index (κ1) is 20.1. The highest BCUT2D eigenvalue weighted by atomic mass is 16.5. The van der Waals surface area contributed by atoms with Crippen LogP contribution in [0.25, 0.3) is 0 Å². The third kappa shape index (κ3) is 5.22. The summed E-state index contributed by atoms with van der Waals surface area (Å²) in [5.74, 6) is 5.93. The Bertz CT molecular complexity index is 885. The lowest BCUT2D eigenvalue weighted by Crippen LogP contribution is -2.35. The number of morpholine rings is 1. The fraction of sp³-hybridized carbons (Fsp3) is 0.375. The van der Waals surface area contributed by atoms with Crippen molar-refractivity contribution in [2.24, 2.45) is 0 Å². The first-order valence-corrected chi connectivity index (χ1v) is 9.77. The van der Waals surface area contributed by atoms with Gasteiger partial charge >= 0.3 is 0 Å². The SMILES string of the molecule is CC#CCc1cc(C(=O)Nc2ccc(CN3CCOCC3)cc2)c(C)cc1C. The zero-order chi connectivity index (χ0) is 19.9. The predicted octanol–water partition coefficient (Wildman–Crippen LogP) is 3.95. The third-order valence-electron chi connectivity index (χ3n) is 5.10. The number of hydrogen-bond donors (Lipinski definition) is 1. The van der Waals surface area contributed by atoms with Crippen LogP contribution in [0, 0.1) is 25.7 Å². The number of anilines is 1. The Morgan fingerprint density at radius 3 is 2.50 bits per heavy atom. The Kier molecular flexibility index (Phi) is 6.86. The minimum atomic E-state index is -0.0795. The average Bonchev–Trinajstić information content (AvgIpc) is 2.69. The number of aryl methyl sites for hydroxylation is 2. The van der Waals surface area contributed by atoms with E-state index in [0.29, 0.717) is 12.0 Å². The van der Waals surface area contributed by atoms with E-state index in [9.17, 15) is 4.79 Å². The molecule has 4 heteroatoms. The van der Waals surface area contributed by atoms with E-state index in [1.165, 1.54) is 11.1 Å². The fourth-order valence-electron chi connectivity index (χ4n) is 3.43. The quantitative estimate of drug-likeness (QED) is 0.804. The molecule has 0 aliphatic carbocycles. The number of nitrogens with zero attached hydrogens (tertiary/aromatic N) is 1. The molecule has 146 valence electrons. The normalized spacial score (nSPS) is 14.2. The van der Waals surface area contributed by atoms with Gasteiger partial charge in [0, 0.05) is 37.3 Å². The van der Waals surface area contributed by atoms with Crippen molar-refractivity contribution in [1.82, 2.24) is 4.90 Å². The van der Waals surface area contributed by atoms with Gasteiger partial charge in [0.1, 0.15) is 0 Å². The molecule has 0 unspecified atom stereocenters. The van der Waals surface area contributed by atoms with Gasteiger partial charge in [0.25, 0.3) is 5.91 Å². The molecule has 0 aromatic heterocycles. The molecule has 28 heavy (non-hydrogen) atoms. The first-order valence-electron chi connectivity index (χ1n) is 9.77. The summed E-state index contributed by atoms with van der Waals surface area (Å²) in [5.41, 5.74) is 6.01. The Labute approximate surface area is 167 Å². The van der Waals surface area contributed by atoms with Crippen molar-refractivity contribution in [3.05, 3.63) is 64.2 Å². The van der Waals surface area contributed by atoms with Gasteiger partial charge in [-0.2, -0.15) is 0 Å². The summed E-state index contributed by atoms with van der Waals surface area (Å²) >= 11 is 0. The molecule has 4 nitrogen and oxygen atoms in total. The number of carbonyl (C=O) groups is 1. The Hall–Kier alpha value is -2.61. The van der Waals surface area contributed by atoms with Crippen molar-refractivity contribution in [3.63, 3.8) is 0 Å². The van der Waals surface area contributed by atoms with Crippen LogP contribution in [0.2, 0.25) is 0 Å². The van der Waals surface area contributed by atoms with Crippen LogP contribution < -0.4 is 5.32 Å². The van der Waals surface area contributed by atoms with Gasteiger partial charge in [-0.25, -0.2) is 0 Å². The summed E-state index contributed by atoms with van der Waals surface area (Å²) in [4.78, 5) is 15.2. The molecule has 3 rings (SSSR count). The zero-order valence-electron chi connectivity index (χ0n) is 17.0.